The minimum absolute atomic E-state index is 0.833. The molecule has 168 valence electrons. The first-order chi connectivity index (χ1) is 14.4. The predicted octanol–water partition coefficient (Wildman–Crippen LogP) is 9.89. The zero-order valence-electron chi connectivity index (χ0n) is 21.5. The van der Waals surface area contributed by atoms with Crippen LogP contribution in [0.2, 0.25) is 0 Å². The van der Waals surface area contributed by atoms with Crippen LogP contribution >= 0.6 is 0 Å². The fraction of sp³-hybridized carbons (Fsp3) is 0.467. The second-order valence-corrected chi connectivity index (χ2v) is 8.07. The van der Waals surface area contributed by atoms with Gasteiger partial charge in [-0.25, -0.2) is 0 Å². The molecular weight excluding hydrogens is 360 g/mol. The van der Waals surface area contributed by atoms with E-state index in [1.807, 2.05) is 27.7 Å². The predicted molar refractivity (Wildman–Crippen MR) is 142 cm³/mol. The maximum atomic E-state index is 2.20. The number of rotatable bonds is 0. The van der Waals surface area contributed by atoms with Crippen LogP contribution in [0, 0.1) is 11.8 Å². The zero-order chi connectivity index (χ0) is 23.4. The van der Waals surface area contributed by atoms with E-state index in [1.54, 1.807) is 0 Å². The molecule has 4 rings (SSSR count). The van der Waals surface area contributed by atoms with Crippen LogP contribution in [0.4, 0.5) is 0 Å². The van der Waals surface area contributed by atoms with Crippen molar-refractivity contribution in [2.75, 3.05) is 0 Å². The summed E-state index contributed by atoms with van der Waals surface area (Å²) in [5.41, 5.74) is 5.69. The largest absolute Gasteiger partial charge is 0.0795 e. The smallest absolute Gasteiger partial charge is 0.00882 e. The van der Waals surface area contributed by atoms with Gasteiger partial charge in [0.25, 0.3) is 0 Å². The van der Waals surface area contributed by atoms with E-state index >= 15 is 0 Å². The Morgan fingerprint density at radius 3 is 1.03 bits per heavy atom. The Hall–Kier alpha value is -2.08. The molecule has 0 aromatic heterocycles. The van der Waals surface area contributed by atoms with Gasteiger partial charge in [0.1, 0.15) is 0 Å². The zero-order valence-corrected chi connectivity index (χ0v) is 21.5. The van der Waals surface area contributed by atoms with Gasteiger partial charge in [0.2, 0.25) is 0 Å². The van der Waals surface area contributed by atoms with Crippen LogP contribution in [-0.4, -0.2) is 0 Å². The summed E-state index contributed by atoms with van der Waals surface area (Å²) in [6.07, 6.45) is 11.0. The average molecular weight is 409 g/mol. The third kappa shape index (κ3) is 15.8. The monoisotopic (exact) mass is 408 g/mol. The molecule has 0 amide bonds. The van der Waals surface area contributed by atoms with Crippen molar-refractivity contribution >= 4 is 12.2 Å². The highest BCUT2D eigenvalue weighted by atomic mass is 14.1. The molecule has 0 N–H and O–H groups in total. The molecule has 0 heterocycles. The van der Waals surface area contributed by atoms with E-state index in [9.17, 15) is 0 Å². The van der Waals surface area contributed by atoms with Crippen LogP contribution in [0.25, 0.3) is 12.2 Å². The van der Waals surface area contributed by atoms with Gasteiger partial charge in [-0.05, 0) is 46.9 Å². The Morgan fingerprint density at radius 1 is 0.500 bits per heavy atom. The third-order valence-electron chi connectivity index (χ3n) is 3.38. The molecule has 30 heavy (non-hydrogen) atoms. The van der Waals surface area contributed by atoms with Crippen molar-refractivity contribution in [1.29, 1.82) is 0 Å². The Morgan fingerprint density at radius 2 is 0.767 bits per heavy atom. The van der Waals surface area contributed by atoms with E-state index in [0.29, 0.717) is 0 Å². The van der Waals surface area contributed by atoms with E-state index < -0.39 is 0 Å². The minimum atomic E-state index is 0.833. The highest BCUT2D eigenvalue weighted by Gasteiger charge is 2.01. The molecule has 2 aliphatic rings. The summed E-state index contributed by atoms with van der Waals surface area (Å²) >= 11 is 0. The Labute approximate surface area is 189 Å². The first kappa shape index (κ1) is 30.1. The van der Waals surface area contributed by atoms with E-state index in [1.165, 1.54) is 22.3 Å². The Balaban J connectivity index is 0. The van der Waals surface area contributed by atoms with Crippen molar-refractivity contribution in [3.05, 3.63) is 82.9 Å². The molecule has 0 fully saturated rings. The molecule has 0 spiro atoms. The lowest BCUT2D eigenvalue weighted by Gasteiger charge is -1.93. The van der Waals surface area contributed by atoms with Gasteiger partial charge in [-0.15, -0.1) is 0 Å². The van der Waals surface area contributed by atoms with Crippen LogP contribution in [0.3, 0.4) is 0 Å². The SMILES string of the molecule is C1=Cc2ccccc2C1.C1=Cc2ccccc2C1.CC.CC.CC(C)C.CC(C)C. The fourth-order valence-corrected chi connectivity index (χ4v) is 2.39. The lowest BCUT2D eigenvalue weighted by molar-refractivity contribution is 0.736. The van der Waals surface area contributed by atoms with Crippen molar-refractivity contribution in [1.82, 2.24) is 0 Å². The van der Waals surface area contributed by atoms with Gasteiger partial charge in [-0.3, -0.25) is 0 Å². The summed E-state index contributed by atoms with van der Waals surface area (Å²) in [6, 6.07) is 17.0. The maximum Gasteiger partial charge on any atom is -0.00882 e. The van der Waals surface area contributed by atoms with Crippen LogP contribution in [0.1, 0.15) is 91.5 Å². The number of hydrogen-bond acceptors (Lipinski definition) is 0. The molecule has 0 saturated heterocycles. The van der Waals surface area contributed by atoms with Crippen LogP contribution in [0.15, 0.2) is 60.7 Å². The van der Waals surface area contributed by atoms with E-state index in [0.717, 1.165) is 24.7 Å². The molecule has 2 aromatic rings. The Bertz CT molecular complexity index is 620. The highest BCUT2D eigenvalue weighted by molar-refractivity contribution is 5.60. The summed E-state index contributed by atoms with van der Waals surface area (Å²) in [5.74, 6) is 1.67. The molecule has 0 unspecified atom stereocenters. The van der Waals surface area contributed by atoms with Crippen molar-refractivity contribution in [3.63, 3.8) is 0 Å². The quantitative estimate of drug-likeness (QED) is 0.407. The van der Waals surface area contributed by atoms with Crippen molar-refractivity contribution in [3.8, 4) is 0 Å². The molecule has 0 heteroatoms. The van der Waals surface area contributed by atoms with Gasteiger partial charge in [0.15, 0.2) is 0 Å². The summed E-state index contributed by atoms with van der Waals surface area (Å²) in [6.45, 7) is 21.0. The van der Waals surface area contributed by atoms with Crippen molar-refractivity contribution in [2.24, 2.45) is 11.8 Å². The molecule has 0 radical (unpaired) electrons. The van der Waals surface area contributed by atoms with E-state index in [4.69, 9.17) is 0 Å². The third-order valence-corrected chi connectivity index (χ3v) is 3.38. The molecule has 0 atom stereocenters. The second kappa shape index (κ2) is 20.2. The van der Waals surface area contributed by atoms with E-state index in [-0.39, 0.29) is 0 Å². The van der Waals surface area contributed by atoms with Crippen LogP contribution in [-0.2, 0) is 12.8 Å². The van der Waals surface area contributed by atoms with Crippen molar-refractivity contribution < 1.29 is 0 Å². The average Bonchev–Trinajstić information content (AvgIpc) is 3.40. The molecule has 2 aliphatic carbocycles. The highest BCUT2D eigenvalue weighted by Crippen LogP contribution is 2.18. The molecule has 0 bridgehead atoms. The van der Waals surface area contributed by atoms with E-state index in [2.05, 4.69) is 114 Å². The number of benzene rings is 2. The van der Waals surface area contributed by atoms with Gasteiger partial charge in [-0.1, -0.05) is 142 Å². The molecule has 0 aliphatic heterocycles. The fourth-order valence-electron chi connectivity index (χ4n) is 2.39. The summed E-state index contributed by atoms with van der Waals surface area (Å²) < 4.78 is 0. The molecular formula is C30H48. The van der Waals surface area contributed by atoms with Gasteiger partial charge in [-0.2, -0.15) is 0 Å². The number of allylic oxidation sites excluding steroid dienone is 2. The second-order valence-electron chi connectivity index (χ2n) is 8.07. The summed E-state index contributed by atoms with van der Waals surface area (Å²) in [4.78, 5) is 0. The van der Waals surface area contributed by atoms with Crippen LogP contribution < -0.4 is 0 Å². The first-order valence-corrected chi connectivity index (χ1v) is 11.9. The topological polar surface area (TPSA) is 0 Å². The van der Waals surface area contributed by atoms with Gasteiger partial charge in [0, 0.05) is 0 Å². The number of fused-ring (bicyclic) bond motifs is 2. The lowest BCUT2D eigenvalue weighted by Crippen LogP contribution is -1.76. The summed E-state index contributed by atoms with van der Waals surface area (Å²) in [5, 5.41) is 0. The van der Waals surface area contributed by atoms with Crippen LogP contribution in [0.5, 0.6) is 0 Å². The molecule has 0 nitrogen and oxygen atoms in total. The molecule has 0 saturated carbocycles. The normalized spacial score (nSPS) is 11.1. The molecule has 2 aromatic carbocycles. The van der Waals surface area contributed by atoms with Gasteiger partial charge < -0.3 is 0 Å². The Kier molecular flexibility index (Phi) is 20.3. The first-order valence-electron chi connectivity index (χ1n) is 11.9. The number of hydrogen-bond donors (Lipinski definition) is 0. The minimum Gasteiger partial charge on any atom is -0.0795 e. The maximum absolute atomic E-state index is 2.20. The van der Waals surface area contributed by atoms with Gasteiger partial charge >= 0.3 is 0 Å². The summed E-state index contributed by atoms with van der Waals surface area (Å²) in [7, 11) is 0. The lowest BCUT2D eigenvalue weighted by atomic mass is 10.1. The standard InChI is InChI=1S/2C9H8.2C4H10.2C2H6/c2*1-2-5-9-7-3-6-8(9)4-1;2*1-4(2)3;2*1-2/h2*1-6H,7H2;2*4H,1-3H3;2*1-2H3. The van der Waals surface area contributed by atoms with Gasteiger partial charge in [0.05, 0.1) is 0 Å². The van der Waals surface area contributed by atoms with Crippen molar-refractivity contribution in [2.45, 2.75) is 82.1 Å².